The molecule has 9 heavy (non-hydrogen) atoms. The van der Waals surface area contributed by atoms with E-state index < -0.39 is 10.8 Å². The van der Waals surface area contributed by atoms with Gasteiger partial charge in [-0.05, 0) is 7.05 Å². The summed E-state index contributed by atoms with van der Waals surface area (Å²) >= 11 is 0. The van der Waals surface area contributed by atoms with Crippen molar-refractivity contribution in [3.8, 4) is 0 Å². The summed E-state index contributed by atoms with van der Waals surface area (Å²) in [5.74, 6) is 5.65. The van der Waals surface area contributed by atoms with Gasteiger partial charge in [-0.25, -0.2) is 0 Å². The zero-order valence-corrected chi connectivity index (χ0v) is 7.13. The molecule has 0 N–H and O–H groups in total. The lowest BCUT2D eigenvalue weighted by Crippen LogP contribution is -2.29. The fraction of sp³-hybridized carbons (Fsp3) is 0.800. The first-order valence-electron chi connectivity index (χ1n) is 2.69. The summed E-state index contributed by atoms with van der Waals surface area (Å²) < 4.78 is 10.9. The lowest BCUT2D eigenvalue weighted by Gasteiger charge is -2.23. The van der Waals surface area contributed by atoms with Gasteiger partial charge in [-0.2, -0.15) is 10.5 Å². The Bertz CT molecular complexity index is 141. The number of nitrogens with zero attached hydrogens (tertiary/aromatic N) is 1. The Morgan fingerprint density at radius 1 is 1.56 bits per heavy atom. The van der Waals surface area contributed by atoms with Crippen LogP contribution in [-0.4, -0.2) is 38.9 Å². The van der Waals surface area contributed by atoms with E-state index in [1.807, 2.05) is 7.05 Å². The molecule has 0 saturated carbocycles. The van der Waals surface area contributed by atoms with Gasteiger partial charge in [0.05, 0.1) is 11.0 Å². The van der Waals surface area contributed by atoms with Gasteiger partial charge >= 0.3 is 0 Å². The molecular formula is C5H11NOS2. The second-order valence-corrected chi connectivity index (χ2v) is 5.85. The van der Waals surface area contributed by atoms with Crippen molar-refractivity contribution in [1.82, 2.24) is 4.90 Å². The van der Waals surface area contributed by atoms with Gasteiger partial charge in [0.25, 0.3) is 0 Å². The van der Waals surface area contributed by atoms with E-state index in [4.69, 9.17) is 0 Å². The molecule has 54 valence electrons. The second-order valence-electron chi connectivity index (χ2n) is 2.28. The van der Waals surface area contributed by atoms with Gasteiger partial charge in [-0.3, -0.25) is 9.11 Å². The van der Waals surface area contributed by atoms with Gasteiger partial charge in [-0.15, -0.1) is 0 Å². The molecule has 2 atom stereocenters. The summed E-state index contributed by atoms with van der Waals surface area (Å²) in [6, 6.07) is 0. The predicted molar refractivity (Wildman–Crippen MR) is 45.2 cm³/mol. The largest absolute Gasteiger partial charge is 0.286 e. The van der Waals surface area contributed by atoms with Crippen LogP contribution in [0.25, 0.3) is 0 Å². The highest BCUT2D eigenvalue weighted by Crippen LogP contribution is 2.17. The molecule has 1 heterocycles. The standard InChI is InChI=1S/C5H11NOS2/c1-6-3-8(2)5-9(7)4-6/h2-5H2,1H3. The van der Waals surface area contributed by atoms with Crippen molar-refractivity contribution >= 4 is 27.2 Å². The highest BCUT2D eigenvalue weighted by atomic mass is 32.2. The third-order valence-corrected chi connectivity index (χ3v) is 4.99. The van der Waals surface area contributed by atoms with Crippen molar-refractivity contribution in [2.45, 2.75) is 0 Å². The molecule has 2 nitrogen and oxygen atoms in total. The highest BCUT2D eigenvalue weighted by Gasteiger charge is 2.12. The smallest absolute Gasteiger partial charge is 0.0760 e. The van der Waals surface area contributed by atoms with Crippen LogP contribution in [0, 0.1) is 0 Å². The van der Waals surface area contributed by atoms with Crippen LogP contribution in [-0.2, 0) is 10.8 Å². The summed E-state index contributed by atoms with van der Waals surface area (Å²) in [7, 11) is 1.49. The molecule has 0 bridgehead atoms. The Morgan fingerprint density at radius 2 is 2.22 bits per heavy atom. The van der Waals surface area contributed by atoms with Crippen LogP contribution < -0.4 is 0 Å². The highest BCUT2D eigenvalue weighted by molar-refractivity contribution is 8.21. The maximum Gasteiger partial charge on any atom is 0.0760 e. The SMILES string of the molecule is C=S1CN(C)CS(=O)C1. The number of hydrogen-bond donors (Lipinski definition) is 0. The minimum atomic E-state index is -0.625. The number of rotatable bonds is 0. The lowest BCUT2D eigenvalue weighted by molar-refractivity contribution is 0.455. The molecule has 1 aliphatic rings. The number of hydrogen-bond acceptors (Lipinski definition) is 2. The lowest BCUT2D eigenvalue weighted by atomic mass is 11.0. The molecule has 0 aliphatic carbocycles. The minimum Gasteiger partial charge on any atom is -0.286 e. The first-order valence-corrected chi connectivity index (χ1v) is 5.91. The molecule has 1 rings (SSSR count). The van der Waals surface area contributed by atoms with Gasteiger partial charge in [0.15, 0.2) is 0 Å². The molecule has 2 unspecified atom stereocenters. The maximum absolute atomic E-state index is 10.9. The van der Waals surface area contributed by atoms with Gasteiger partial charge in [0.2, 0.25) is 0 Å². The molecule has 0 amide bonds. The van der Waals surface area contributed by atoms with Crippen molar-refractivity contribution in [3.05, 3.63) is 0 Å². The van der Waals surface area contributed by atoms with Crippen molar-refractivity contribution in [2.75, 3.05) is 23.9 Å². The summed E-state index contributed by atoms with van der Waals surface area (Å²) in [6.45, 7) is 0. The van der Waals surface area contributed by atoms with E-state index in [1.165, 1.54) is 0 Å². The topological polar surface area (TPSA) is 20.3 Å². The molecule has 1 aliphatic heterocycles. The minimum absolute atomic E-state index is 0.125. The Hall–Kier alpha value is 0.330. The Labute approximate surface area is 60.6 Å². The van der Waals surface area contributed by atoms with Crippen LogP contribution >= 0.6 is 10.5 Å². The Morgan fingerprint density at radius 3 is 2.67 bits per heavy atom. The fourth-order valence-electron chi connectivity index (χ4n) is 0.855. The fourth-order valence-corrected chi connectivity index (χ4v) is 4.35. The summed E-state index contributed by atoms with van der Waals surface area (Å²) in [6.07, 6.45) is 0. The van der Waals surface area contributed by atoms with Crippen LogP contribution in [0.4, 0.5) is 0 Å². The summed E-state index contributed by atoms with van der Waals surface area (Å²) in [4.78, 5) is 2.08. The molecule has 0 spiro atoms. The summed E-state index contributed by atoms with van der Waals surface area (Å²) in [5, 5.41) is 0.810. The van der Waals surface area contributed by atoms with E-state index in [2.05, 4.69) is 10.8 Å². The van der Waals surface area contributed by atoms with E-state index >= 15 is 0 Å². The summed E-state index contributed by atoms with van der Waals surface area (Å²) in [5.41, 5.74) is 0. The van der Waals surface area contributed by atoms with Gasteiger partial charge < -0.3 is 0 Å². The van der Waals surface area contributed by atoms with Crippen molar-refractivity contribution in [3.63, 3.8) is 0 Å². The van der Waals surface area contributed by atoms with Crippen molar-refractivity contribution in [1.29, 1.82) is 0 Å². The van der Waals surface area contributed by atoms with Crippen LogP contribution in [0.3, 0.4) is 0 Å². The third-order valence-electron chi connectivity index (χ3n) is 1.07. The predicted octanol–water partition coefficient (Wildman–Crippen LogP) is 0.254. The molecule has 0 aromatic carbocycles. The second kappa shape index (κ2) is 2.94. The van der Waals surface area contributed by atoms with Crippen LogP contribution in [0.1, 0.15) is 0 Å². The monoisotopic (exact) mass is 165 g/mol. The normalized spacial score (nSPS) is 38.8. The first-order chi connectivity index (χ1) is 4.18. The van der Waals surface area contributed by atoms with Crippen molar-refractivity contribution in [2.24, 2.45) is 0 Å². The quantitative estimate of drug-likeness (QED) is 0.480. The molecule has 0 aromatic heterocycles. The van der Waals surface area contributed by atoms with Crippen LogP contribution in [0.15, 0.2) is 0 Å². The third kappa shape index (κ3) is 2.20. The zero-order chi connectivity index (χ0) is 6.85. The van der Waals surface area contributed by atoms with E-state index in [1.54, 1.807) is 0 Å². The van der Waals surface area contributed by atoms with Gasteiger partial charge in [0.1, 0.15) is 0 Å². The van der Waals surface area contributed by atoms with E-state index in [9.17, 15) is 4.21 Å². The molecule has 1 saturated heterocycles. The first kappa shape index (κ1) is 7.44. The van der Waals surface area contributed by atoms with E-state index in [0.29, 0.717) is 0 Å². The maximum atomic E-state index is 10.9. The average molecular weight is 165 g/mol. The molecule has 4 heteroatoms. The van der Waals surface area contributed by atoms with Crippen molar-refractivity contribution < 1.29 is 4.21 Å². The molecule has 0 aromatic rings. The zero-order valence-electron chi connectivity index (χ0n) is 5.50. The van der Waals surface area contributed by atoms with E-state index in [-0.39, 0.29) is 10.5 Å². The van der Waals surface area contributed by atoms with Crippen LogP contribution in [0.2, 0.25) is 0 Å². The average Bonchev–Trinajstić information content (AvgIpc) is 1.59. The molecule has 1 fully saturated rings. The Kier molecular flexibility index (Phi) is 2.43. The van der Waals surface area contributed by atoms with E-state index in [0.717, 1.165) is 16.8 Å². The molecule has 0 radical (unpaired) electrons. The molecular weight excluding hydrogens is 154 g/mol. The van der Waals surface area contributed by atoms with Gasteiger partial charge in [-0.1, -0.05) is 5.87 Å². The van der Waals surface area contributed by atoms with Gasteiger partial charge in [0, 0.05) is 16.7 Å². The van der Waals surface area contributed by atoms with Crippen LogP contribution in [0.5, 0.6) is 0 Å². The Balaban J connectivity index is 2.53.